The van der Waals surface area contributed by atoms with Gasteiger partial charge in [-0.3, -0.25) is 9.69 Å². The summed E-state index contributed by atoms with van der Waals surface area (Å²) < 4.78 is 0. The Balaban J connectivity index is 1.51. The number of hydrogen-bond donors (Lipinski definition) is 1. The van der Waals surface area contributed by atoms with E-state index in [0.29, 0.717) is 6.04 Å². The molecule has 1 atom stereocenters. The third kappa shape index (κ3) is 3.70. The second-order valence-corrected chi connectivity index (χ2v) is 7.10. The molecule has 2 aliphatic rings. The van der Waals surface area contributed by atoms with Gasteiger partial charge in [-0.15, -0.1) is 0 Å². The molecule has 1 aromatic carbocycles. The fraction of sp³-hybridized carbons (Fsp3) is 0.632. The number of benzene rings is 1. The smallest absolute Gasteiger partial charge is 0.217 e. The van der Waals surface area contributed by atoms with E-state index in [9.17, 15) is 4.79 Å². The number of amides is 1. The van der Waals surface area contributed by atoms with Crippen molar-refractivity contribution in [1.82, 2.24) is 10.2 Å². The highest BCUT2D eigenvalue weighted by Gasteiger charge is 2.31. The molecule has 1 saturated heterocycles. The molecule has 1 aliphatic heterocycles. The number of likely N-dealkylation sites (tertiary alicyclic amines) is 1. The predicted molar refractivity (Wildman–Crippen MR) is 90.0 cm³/mol. The second-order valence-electron chi connectivity index (χ2n) is 7.10. The molecule has 0 spiro atoms. The average molecular weight is 300 g/mol. The van der Waals surface area contributed by atoms with E-state index in [1.54, 1.807) is 6.92 Å². The van der Waals surface area contributed by atoms with Crippen molar-refractivity contribution in [3.63, 3.8) is 0 Å². The molecule has 1 N–H and O–H groups in total. The number of aryl methyl sites for hydroxylation is 1. The summed E-state index contributed by atoms with van der Waals surface area (Å²) in [5.74, 6) is 0.847. The first-order chi connectivity index (χ1) is 10.6. The topological polar surface area (TPSA) is 32.3 Å². The lowest BCUT2D eigenvalue weighted by Gasteiger charge is -2.35. The number of nitrogens with one attached hydrogen (secondary N) is 1. The van der Waals surface area contributed by atoms with Crippen molar-refractivity contribution in [1.29, 1.82) is 0 Å². The summed E-state index contributed by atoms with van der Waals surface area (Å²) in [5.41, 5.74) is 2.90. The molecule has 1 aromatic rings. The van der Waals surface area contributed by atoms with Crippen LogP contribution in [-0.2, 0) is 4.79 Å². The molecule has 0 aromatic heterocycles. The third-order valence-electron chi connectivity index (χ3n) is 5.35. The van der Waals surface area contributed by atoms with Gasteiger partial charge in [-0.25, -0.2) is 0 Å². The normalized spacial score (nSPS) is 29.5. The zero-order valence-corrected chi connectivity index (χ0v) is 13.8. The zero-order valence-electron chi connectivity index (χ0n) is 13.8. The van der Waals surface area contributed by atoms with Gasteiger partial charge >= 0.3 is 0 Å². The van der Waals surface area contributed by atoms with Gasteiger partial charge in [0, 0.05) is 32.1 Å². The molecule has 120 valence electrons. The minimum Gasteiger partial charge on any atom is -0.352 e. The second kappa shape index (κ2) is 6.82. The SMILES string of the molecule is CC(=O)N[C@@H]1CCN(C2CCC(c3cccc(C)c3)CC2)C1. The molecule has 3 heteroatoms. The molecule has 1 aliphatic carbocycles. The molecule has 0 unspecified atom stereocenters. The minimum absolute atomic E-state index is 0.106. The van der Waals surface area contributed by atoms with Crippen molar-refractivity contribution in [3.8, 4) is 0 Å². The van der Waals surface area contributed by atoms with E-state index >= 15 is 0 Å². The summed E-state index contributed by atoms with van der Waals surface area (Å²) in [6.45, 7) is 5.99. The first-order valence-electron chi connectivity index (χ1n) is 8.69. The zero-order chi connectivity index (χ0) is 15.5. The maximum Gasteiger partial charge on any atom is 0.217 e. The van der Waals surface area contributed by atoms with Crippen LogP contribution >= 0.6 is 0 Å². The first kappa shape index (κ1) is 15.5. The van der Waals surface area contributed by atoms with Crippen LogP contribution < -0.4 is 5.32 Å². The quantitative estimate of drug-likeness (QED) is 0.929. The average Bonchev–Trinajstić information content (AvgIpc) is 2.95. The van der Waals surface area contributed by atoms with Crippen molar-refractivity contribution in [2.75, 3.05) is 13.1 Å². The lowest BCUT2D eigenvalue weighted by molar-refractivity contribution is -0.119. The van der Waals surface area contributed by atoms with E-state index in [2.05, 4.69) is 41.4 Å². The maximum atomic E-state index is 11.2. The van der Waals surface area contributed by atoms with E-state index in [1.807, 2.05) is 0 Å². The largest absolute Gasteiger partial charge is 0.352 e. The highest BCUT2D eigenvalue weighted by molar-refractivity contribution is 5.73. The van der Waals surface area contributed by atoms with Crippen LogP contribution in [0.3, 0.4) is 0 Å². The summed E-state index contributed by atoms with van der Waals surface area (Å²) >= 11 is 0. The van der Waals surface area contributed by atoms with Crippen molar-refractivity contribution in [3.05, 3.63) is 35.4 Å². The van der Waals surface area contributed by atoms with Crippen molar-refractivity contribution in [2.24, 2.45) is 0 Å². The molecular weight excluding hydrogens is 272 g/mol. The molecule has 0 radical (unpaired) electrons. The molecule has 2 fully saturated rings. The van der Waals surface area contributed by atoms with Crippen LogP contribution in [0.4, 0.5) is 0 Å². The number of rotatable bonds is 3. The van der Waals surface area contributed by atoms with Crippen LogP contribution in [0.15, 0.2) is 24.3 Å². The van der Waals surface area contributed by atoms with E-state index in [1.165, 1.54) is 36.8 Å². The Morgan fingerprint density at radius 1 is 1.18 bits per heavy atom. The molecule has 3 rings (SSSR count). The number of hydrogen-bond acceptors (Lipinski definition) is 2. The number of carbonyl (C=O) groups is 1. The summed E-state index contributed by atoms with van der Waals surface area (Å²) in [5, 5.41) is 3.07. The Kier molecular flexibility index (Phi) is 4.82. The Hall–Kier alpha value is -1.35. The Labute approximate surface area is 134 Å². The highest BCUT2D eigenvalue weighted by atomic mass is 16.1. The third-order valence-corrected chi connectivity index (χ3v) is 5.35. The van der Waals surface area contributed by atoms with Gasteiger partial charge in [-0.05, 0) is 50.5 Å². The molecule has 1 saturated carbocycles. The van der Waals surface area contributed by atoms with E-state index < -0.39 is 0 Å². The first-order valence-corrected chi connectivity index (χ1v) is 8.69. The van der Waals surface area contributed by atoms with E-state index in [0.717, 1.165) is 31.5 Å². The molecule has 1 amide bonds. The van der Waals surface area contributed by atoms with Gasteiger partial charge in [0.2, 0.25) is 5.91 Å². The van der Waals surface area contributed by atoms with Gasteiger partial charge in [0.05, 0.1) is 0 Å². The predicted octanol–water partition coefficient (Wildman–Crippen LogP) is 3.23. The van der Waals surface area contributed by atoms with Crippen LogP contribution in [0, 0.1) is 6.92 Å². The van der Waals surface area contributed by atoms with Gasteiger partial charge in [0.25, 0.3) is 0 Å². The summed E-state index contributed by atoms with van der Waals surface area (Å²) in [4.78, 5) is 13.8. The van der Waals surface area contributed by atoms with Gasteiger partial charge in [0.15, 0.2) is 0 Å². The van der Waals surface area contributed by atoms with Crippen molar-refractivity contribution in [2.45, 2.75) is 64.0 Å². The molecular formula is C19H28N2O. The molecule has 0 bridgehead atoms. The van der Waals surface area contributed by atoms with Crippen LogP contribution in [0.1, 0.15) is 56.1 Å². The van der Waals surface area contributed by atoms with Gasteiger partial charge < -0.3 is 5.32 Å². The maximum absolute atomic E-state index is 11.2. The van der Waals surface area contributed by atoms with Crippen LogP contribution in [-0.4, -0.2) is 36.0 Å². The van der Waals surface area contributed by atoms with Gasteiger partial charge in [-0.2, -0.15) is 0 Å². The summed E-state index contributed by atoms with van der Waals surface area (Å²) in [7, 11) is 0. The minimum atomic E-state index is 0.106. The fourth-order valence-electron chi connectivity index (χ4n) is 4.22. The lowest BCUT2D eigenvalue weighted by Crippen LogP contribution is -2.40. The lowest BCUT2D eigenvalue weighted by atomic mass is 9.81. The summed E-state index contributed by atoms with van der Waals surface area (Å²) in [6.07, 6.45) is 6.30. The van der Waals surface area contributed by atoms with Crippen molar-refractivity contribution >= 4 is 5.91 Å². The van der Waals surface area contributed by atoms with Crippen LogP contribution in [0.2, 0.25) is 0 Å². The van der Waals surface area contributed by atoms with Gasteiger partial charge in [0.1, 0.15) is 0 Å². The fourth-order valence-corrected chi connectivity index (χ4v) is 4.22. The Bertz CT molecular complexity index is 520. The molecule has 3 nitrogen and oxygen atoms in total. The number of carbonyl (C=O) groups excluding carboxylic acids is 1. The Morgan fingerprint density at radius 3 is 2.64 bits per heavy atom. The summed E-state index contributed by atoms with van der Waals surface area (Å²) in [6, 6.07) is 10.1. The van der Waals surface area contributed by atoms with E-state index in [4.69, 9.17) is 0 Å². The number of nitrogens with zero attached hydrogens (tertiary/aromatic N) is 1. The van der Waals surface area contributed by atoms with E-state index in [-0.39, 0.29) is 5.91 Å². The highest BCUT2D eigenvalue weighted by Crippen LogP contribution is 2.35. The standard InChI is InChI=1S/C19H28N2O/c1-14-4-3-5-17(12-14)16-6-8-19(9-7-16)21-11-10-18(13-21)20-15(2)22/h3-5,12,16,18-19H,6-11,13H2,1-2H3,(H,20,22)/t16?,18-,19?/m1/s1. The van der Waals surface area contributed by atoms with Crippen LogP contribution in [0.5, 0.6) is 0 Å². The Morgan fingerprint density at radius 2 is 1.95 bits per heavy atom. The van der Waals surface area contributed by atoms with Crippen molar-refractivity contribution < 1.29 is 4.79 Å². The molecule has 22 heavy (non-hydrogen) atoms. The van der Waals surface area contributed by atoms with Crippen LogP contribution in [0.25, 0.3) is 0 Å². The molecule has 1 heterocycles. The van der Waals surface area contributed by atoms with Gasteiger partial charge in [-0.1, -0.05) is 29.8 Å². The monoisotopic (exact) mass is 300 g/mol.